The smallest absolute Gasteiger partial charge is 0.304 e. The number of carbonyl (C=O) groups is 1. The lowest BCUT2D eigenvalue weighted by Gasteiger charge is -2.22. The van der Waals surface area contributed by atoms with Crippen molar-refractivity contribution < 1.29 is 18.3 Å². The van der Waals surface area contributed by atoms with Gasteiger partial charge in [0, 0.05) is 17.1 Å². The van der Waals surface area contributed by atoms with E-state index in [0.717, 1.165) is 0 Å². The normalized spacial score (nSPS) is 15.4. The summed E-state index contributed by atoms with van der Waals surface area (Å²) in [6, 6.07) is 2.72. The predicted molar refractivity (Wildman–Crippen MR) is 83.3 cm³/mol. The summed E-state index contributed by atoms with van der Waals surface area (Å²) < 4.78 is 27.2. The molecule has 0 atom stereocenters. The number of carboxylic acids is 1. The van der Waals surface area contributed by atoms with Crippen LogP contribution in [-0.2, 0) is 14.8 Å². The maximum atomic E-state index is 12.7. The second-order valence-corrected chi connectivity index (χ2v) is 8.25. The van der Waals surface area contributed by atoms with Crippen LogP contribution in [0.3, 0.4) is 0 Å². The van der Waals surface area contributed by atoms with E-state index in [9.17, 15) is 13.2 Å². The first-order valence-electron chi connectivity index (χ1n) is 6.11. The Kier molecular flexibility index (Phi) is 5.20. The summed E-state index contributed by atoms with van der Waals surface area (Å²) in [5.41, 5.74) is 0. The fourth-order valence-corrected chi connectivity index (χ4v) is 5.53. The summed E-state index contributed by atoms with van der Waals surface area (Å²) in [5.74, 6) is -1.05. The summed E-state index contributed by atoms with van der Waals surface area (Å²) in [6.45, 7) is -0.0922. The summed E-state index contributed by atoms with van der Waals surface area (Å²) in [4.78, 5) is 10.5. The number of benzene rings is 1. The number of sulfonamides is 1. The van der Waals surface area contributed by atoms with E-state index >= 15 is 0 Å². The molecule has 0 amide bonds. The van der Waals surface area contributed by atoms with Crippen LogP contribution in [0.2, 0.25) is 10.0 Å². The van der Waals surface area contributed by atoms with Gasteiger partial charge in [-0.15, -0.1) is 0 Å². The van der Waals surface area contributed by atoms with Gasteiger partial charge in [-0.2, -0.15) is 4.31 Å². The standard InChI is InChI=1S/C12H12BrCl2NO4S/c13-7-5-9(14)12(10(15)6-7)21(19,20)16(8-1-2-8)4-3-11(17)18/h5-6,8H,1-4H2,(H,17,18). The quantitative estimate of drug-likeness (QED) is 0.771. The van der Waals surface area contributed by atoms with Crippen LogP contribution < -0.4 is 0 Å². The Hall–Kier alpha value is -0.340. The molecule has 21 heavy (non-hydrogen) atoms. The number of aliphatic carboxylic acids is 1. The second-order valence-electron chi connectivity index (χ2n) is 4.69. The van der Waals surface area contributed by atoms with Crippen molar-refractivity contribution in [2.75, 3.05) is 6.54 Å². The molecule has 1 saturated carbocycles. The first-order valence-corrected chi connectivity index (χ1v) is 9.10. The highest BCUT2D eigenvalue weighted by atomic mass is 79.9. The van der Waals surface area contributed by atoms with E-state index in [-0.39, 0.29) is 33.9 Å². The zero-order chi connectivity index (χ0) is 15.8. The van der Waals surface area contributed by atoms with Crippen molar-refractivity contribution in [3.8, 4) is 0 Å². The van der Waals surface area contributed by atoms with E-state index < -0.39 is 16.0 Å². The van der Waals surface area contributed by atoms with Crippen molar-refractivity contribution >= 4 is 55.1 Å². The minimum absolute atomic E-state index is 0.00958. The highest BCUT2D eigenvalue weighted by Gasteiger charge is 2.40. The van der Waals surface area contributed by atoms with Crippen molar-refractivity contribution in [1.82, 2.24) is 4.31 Å². The van der Waals surface area contributed by atoms with Gasteiger partial charge >= 0.3 is 5.97 Å². The Morgan fingerprint density at radius 3 is 2.29 bits per heavy atom. The van der Waals surface area contributed by atoms with Gasteiger partial charge in [0.05, 0.1) is 16.5 Å². The number of carboxylic acid groups (broad SMARTS) is 1. The molecule has 0 radical (unpaired) electrons. The molecule has 0 heterocycles. The van der Waals surface area contributed by atoms with Crippen LogP contribution in [0.5, 0.6) is 0 Å². The zero-order valence-corrected chi connectivity index (χ0v) is 14.6. The van der Waals surface area contributed by atoms with Crippen LogP contribution in [0.15, 0.2) is 21.5 Å². The average Bonchev–Trinajstić information content (AvgIpc) is 3.10. The Morgan fingerprint density at radius 2 is 1.86 bits per heavy atom. The molecule has 1 aliphatic rings. The first-order chi connectivity index (χ1) is 9.73. The topological polar surface area (TPSA) is 74.7 Å². The summed E-state index contributed by atoms with van der Waals surface area (Å²) in [7, 11) is -3.93. The molecule has 0 aromatic heterocycles. The molecule has 1 fully saturated rings. The van der Waals surface area contributed by atoms with Crippen molar-refractivity contribution in [3.05, 3.63) is 26.7 Å². The summed E-state index contributed by atoms with van der Waals surface area (Å²) in [6.07, 6.45) is 1.16. The van der Waals surface area contributed by atoms with Gasteiger partial charge < -0.3 is 5.11 Å². The molecule has 0 saturated heterocycles. The third kappa shape index (κ3) is 3.90. The predicted octanol–water partition coefficient (Wildman–Crippen LogP) is 3.38. The van der Waals surface area contributed by atoms with Gasteiger partial charge in [0.25, 0.3) is 0 Å². The number of halogens is 3. The van der Waals surface area contributed by atoms with E-state index in [4.69, 9.17) is 28.3 Å². The Labute approximate surface area is 141 Å². The van der Waals surface area contributed by atoms with Crippen LogP contribution in [-0.4, -0.2) is 36.4 Å². The SMILES string of the molecule is O=C(O)CCN(C1CC1)S(=O)(=O)c1c(Cl)cc(Br)cc1Cl. The minimum atomic E-state index is -3.93. The van der Waals surface area contributed by atoms with Crippen LogP contribution >= 0.6 is 39.1 Å². The molecule has 5 nitrogen and oxygen atoms in total. The molecule has 2 rings (SSSR count). The van der Waals surface area contributed by atoms with E-state index in [1.807, 2.05) is 0 Å². The highest BCUT2D eigenvalue weighted by Crippen LogP contribution is 2.38. The van der Waals surface area contributed by atoms with Crippen molar-refractivity contribution in [2.24, 2.45) is 0 Å². The van der Waals surface area contributed by atoms with Crippen molar-refractivity contribution in [1.29, 1.82) is 0 Å². The van der Waals surface area contributed by atoms with Gasteiger partial charge in [-0.3, -0.25) is 4.79 Å². The monoisotopic (exact) mass is 415 g/mol. The van der Waals surface area contributed by atoms with Gasteiger partial charge in [-0.25, -0.2) is 8.42 Å². The van der Waals surface area contributed by atoms with Crippen LogP contribution in [0.25, 0.3) is 0 Å². The number of hydrogen-bond donors (Lipinski definition) is 1. The molecule has 0 unspecified atom stereocenters. The molecular formula is C12H12BrCl2NO4S. The van der Waals surface area contributed by atoms with Crippen molar-refractivity contribution in [3.63, 3.8) is 0 Å². The minimum Gasteiger partial charge on any atom is -0.481 e. The van der Waals surface area contributed by atoms with Crippen LogP contribution in [0, 0.1) is 0 Å². The summed E-state index contributed by atoms with van der Waals surface area (Å²) >= 11 is 15.2. The van der Waals surface area contributed by atoms with E-state index in [1.54, 1.807) is 0 Å². The summed E-state index contributed by atoms with van der Waals surface area (Å²) in [5, 5.41) is 8.79. The molecule has 1 aliphatic carbocycles. The number of rotatable bonds is 6. The second kappa shape index (κ2) is 6.42. The molecule has 1 aromatic carbocycles. The molecule has 0 aliphatic heterocycles. The average molecular weight is 417 g/mol. The molecular weight excluding hydrogens is 405 g/mol. The lowest BCUT2D eigenvalue weighted by molar-refractivity contribution is -0.137. The maximum Gasteiger partial charge on any atom is 0.304 e. The molecule has 116 valence electrons. The lowest BCUT2D eigenvalue weighted by atomic mass is 10.4. The molecule has 1 aromatic rings. The van der Waals surface area contributed by atoms with Gasteiger partial charge in [-0.1, -0.05) is 39.1 Å². The van der Waals surface area contributed by atoms with Crippen molar-refractivity contribution in [2.45, 2.75) is 30.2 Å². The number of nitrogens with zero attached hydrogens (tertiary/aromatic N) is 1. The fraction of sp³-hybridized carbons (Fsp3) is 0.417. The molecule has 1 N–H and O–H groups in total. The van der Waals surface area contributed by atoms with Gasteiger partial charge in [0.15, 0.2) is 0 Å². The van der Waals surface area contributed by atoms with E-state index in [2.05, 4.69) is 15.9 Å². The van der Waals surface area contributed by atoms with Gasteiger partial charge in [0.2, 0.25) is 10.0 Å². The molecule has 0 spiro atoms. The maximum absolute atomic E-state index is 12.7. The third-order valence-electron chi connectivity index (χ3n) is 3.03. The number of hydrogen-bond acceptors (Lipinski definition) is 3. The van der Waals surface area contributed by atoms with E-state index in [0.29, 0.717) is 17.3 Å². The molecule has 0 bridgehead atoms. The largest absolute Gasteiger partial charge is 0.481 e. The van der Waals surface area contributed by atoms with Gasteiger partial charge in [-0.05, 0) is 25.0 Å². The Bertz CT molecular complexity index is 653. The lowest BCUT2D eigenvalue weighted by Crippen LogP contribution is -2.35. The third-order valence-corrected chi connectivity index (χ3v) is 6.36. The van der Waals surface area contributed by atoms with E-state index in [1.165, 1.54) is 16.4 Å². The zero-order valence-electron chi connectivity index (χ0n) is 10.7. The Balaban J connectivity index is 2.41. The molecule has 9 heteroatoms. The fourth-order valence-electron chi connectivity index (χ4n) is 1.96. The van der Waals surface area contributed by atoms with Gasteiger partial charge in [0.1, 0.15) is 4.90 Å². The van der Waals surface area contributed by atoms with Crippen LogP contribution in [0.4, 0.5) is 0 Å². The van der Waals surface area contributed by atoms with Crippen LogP contribution in [0.1, 0.15) is 19.3 Å². The highest BCUT2D eigenvalue weighted by molar-refractivity contribution is 9.10. The Morgan fingerprint density at radius 1 is 1.33 bits per heavy atom. The first kappa shape index (κ1) is 17.0.